The van der Waals surface area contributed by atoms with Crippen LogP contribution < -0.4 is 4.72 Å². The molecule has 0 fully saturated rings. The number of aromatic nitrogens is 4. The van der Waals surface area contributed by atoms with Crippen LogP contribution in [0.1, 0.15) is 19.2 Å². The number of aromatic amines is 1. The SMILES string of the molecule is CCC(C#N)S(=O)(=O)NCc1nn[nH]n1. The van der Waals surface area contributed by atoms with Gasteiger partial charge < -0.3 is 0 Å². The molecule has 0 amide bonds. The third-order valence-corrected chi connectivity index (χ3v) is 3.44. The molecule has 0 saturated heterocycles. The Morgan fingerprint density at radius 3 is 2.87 bits per heavy atom. The van der Waals surface area contributed by atoms with Gasteiger partial charge in [-0.2, -0.15) is 10.5 Å². The Bertz CT molecular complexity index is 433. The summed E-state index contributed by atoms with van der Waals surface area (Å²) in [5.74, 6) is 0.228. The molecule has 8 nitrogen and oxygen atoms in total. The number of sulfonamides is 1. The van der Waals surface area contributed by atoms with Crippen molar-refractivity contribution >= 4 is 10.0 Å². The molecule has 0 aliphatic carbocycles. The Kier molecular flexibility index (Phi) is 3.70. The van der Waals surface area contributed by atoms with Gasteiger partial charge >= 0.3 is 0 Å². The topological polar surface area (TPSA) is 124 Å². The van der Waals surface area contributed by atoms with Crippen LogP contribution in [0.15, 0.2) is 0 Å². The van der Waals surface area contributed by atoms with Crippen molar-refractivity contribution in [3.63, 3.8) is 0 Å². The van der Waals surface area contributed by atoms with E-state index in [1.54, 1.807) is 13.0 Å². The molecule has 0 bridgehead atoms. The Morgan fingerprint density at radius 1 is 1.67 bits per heavy atom. The Hall–Kier alpha value is -1.53. The molecule has 0 aliphatic rings. The van der Waals surface area contributed by atoms with Gasteiger partial charge in [-0.15, -0.1) is 10.2 Å². The van der Waals surface area contributed by atoms with E-state index in [1.807, 2.05) is 0 Å². The van der Waals surface area contributed by atoms with Gasteiger partial charge in [0.25, 0.3) is 0 Å². The number of hydrogen-bond donors (Lipinski definition) is 2. The number of hydrogen-bond acceptors (Lipinski definition) is 6. The second kappa shape index (κ2) is 4.81. The maximum absolute atomic E-state index is 11.5. The molecule has 2 N–H and O–H groups in total. The third-order valence-electron chi connectivity index (χ3n) is 1.71. The van der Waals surface area contributed by atoms with E-state index in [4.69, 9.17) is 5.26 Å². The molecule has 0 spiro atoms. The van der Waals surface area contributed by atoms with Gasteiger partial charge in [0.15, 0.2) is 11.1 Å². The molecule has 9 heteroatoms. The van der Waals surface area contributed by atoms with E-state index in [1.165, 1.54) is 0 Å². The molecule has 0 aliphatic heterocycles. The number of nitrogens with one attached hydrogen (secondary N) is 2. The molecule has 1 unspecified atom stereocenters. The van der Waals surface area contributed by atoms with E-state index in [0.717, 1.165) is 0 Å². The van der Waals surface area contributed by atoms with E-state index in [-0.39, 0.29) is 18.8 Å². The van der Waals surface area contributed by atoms with Gasteiger partial charge in [-0.3, -0.25) is 0 Å². The van der Waals surface area contributed by atoms with Gasteiger partial charge in [0.1, 0.15) is 0 Å². The highest BCUT2D eigenvalue weighted by Crippen LogP contribution is 2.02. The Labute approximate surface area is 86.7 Å². The summed E-state index contributed by atoms with van der Waals surface area (Å²) in [6.45, 7) is 1.55. The van der Waals surface area contributed by atoms with E-state index in [0.29, 0.717) is 0 Å². The maximum atomic E-state index is 11.5. The summed E-state index contributed by atoms with van der Waals surface area (Å²) < 4.78 is 25.2. The standard InChI is InChI=1S/C6H10N6O2S/c1-2-5(3-7)15(13,14)8-4-6-9-11-12-10-6/h5,8H,2,4H2,1H3,(H,9,10,11,12). The van der Waals surface area contributed by atoms with Crippen LogP contribution in [-0.4, -0.2) is 34.3 Å². The van der Waals surface area contributed by atoms with E-state index >= 15 is 0 Å². The fraction of sp³-hybridized carbons (Fsp3) is 0.667. The average molecular weight is 230 g/mol. The second-order valence-corrected chi connectivity index (χ2v) is 4.67. The summed E-state index contributed by atoms with van der Waals surface area (Å²) in [7, 11) is -3.63. The summed E-state index contributed by atoms with van der Waals surface area (Å²) in [6, 6.07) is 1.71. The van der Waals surface area contributed by atoms with Crippen molar-refractivity contribution in [3.8, 4) is 6.07 Å². The van der Waals surface area contributed by atoms with Crippen LogP contribution in [0.2, 0.25) is 0 Å². The smallest absolute Gasteiger partial charge is 0.211 e. The van der Waals surface area contributed by atoms with Crippen molar-refractivity contribution in [2.24, 2.45) is 0 Å². The summed E-state index contributed by atoms with van der Waals surface area (Å²) in [6.07, 6.45) is 0.234. The molecule has 1 atom stereocenters. The summed E-state index contributed by atoms with van der Waals surface area (Å²) >= 11 is 0. The van der Waals surface area contributed by atoms with Crippen molar-refractivity contribution in [3.05, 3.63) is 5.82 Å². The maximum Gasteiger partial charge on any atom is 0.228 e. The van der Waals surface area contributed by atoms with Crippen molar-refractivity contribution in [2.75, 3.05) is 0 Å². The van der Waals surface area contributed by atoms with Crippen LogP contribution >= 0.6 is 0 Å². The molecule has 1 aromatic heterocycles. The van der Waals surface area contributed by atoms with Crippen LogP contribution in [0, 0.1) is 11.3 Å². The monoisotopic (exact) mass is 230 g/mol. The molecule has 1 rings (SSSR count). The molecule has 1 aromatic rings. The average Bonchev–Trinajstić information content (AvgIpc) is 2.69. The second-order valence-electron chi connectivity index (χ2n) is 2.72. The normalized spacial score (nSPS) is 13.3. The fourth-order valence-corrected chi connectivity index (χ4v) is 2.01. The quantitative estimate of drug-likeness (QED) is 0.663. The van der Waals surface area contributed by atoms with Crippen LogP contribution in [0.25, 0.3) is 0 Å². The number of tetrazole rings is 1. The highest BCUT2D eigenvalue weighted by molar-refractivity contribution is 7.90. The third kappa shape index (κ3) is 2.97. The van der Waals surface area contributed by atoms with Gasteiger partial charge in [0.2, 0.25) is 10.0 Å². The first-order valence-electron chi connectivity index (χ1n) is 4.20. The zero-order chi connectivity index (χ0) is 11.3. The highest BCUT2D eigenvalue weighted by Gasteiger charge is 2.23. The molecular weight excluding hydrogens is 220 g/mol. The van der Waals surface area contributed by atoms with E-state index in [9.17, 15) is 8.42 Å². The predicted molar refractivity (Wildman–Crippen MR) is 49.6 cm³/mol. The minimum atomic E-state index is -3.63. The highest BCUT2D eigenvalue weighted by atomic mass is 32.2. The van der Waals surface area contributed by atoms with Gasteiger partial charge in [-0.05, 0) is 6.42 Å². The fourth-order valence-electron chi connectivity index (χ4n) is 0.903. The zero-order valence-corrected chi connectivity index (χ0v) is 8.82. The predicted octanol–water partition coefficient (Wildman–Crippen LogP) is -1.08. The van der Waals surface area contributed by atoms with Crippen LogP contribution in [0.4, 0.5) is 0 Å². The Balaban J connectivity index is 2.62. The number of nitriles is 1. The van der Waals surface area contributed by atoms with Gasteiger partial charge in [0, 0.05) is 0 Å². The molecule has 0 aromatic carbocycles. The van der Waals surface area contributed by atoms with Crippen molar-refractivity contribution < 1.29 is 8.42 Å². The van der Waals surface area contributed by atoms with E-state index < -0.39 is 15.3 Å². The van der Waals surface area contributed by atoms with Crippen molar-refractivity contribution in [1.82, 2.24) is 25.3 Å². The summed E-state index contributed by atoms with van der Waals surface area (Å²) in [5.41, 5.74) is 0. The summed E-state index contributed by atoms with van der Waals surface area (Å²) in [4.78, 5) is 0. The van der Waals surface area contributed by atoms with Gasteiger partial charge in [0.05, 0.1) is 12.6 Å². The lowest BCUT2D eigenvalue weighted by molar-refractivity contribution is 0.570. The lowest BCUT2D eigenvalue weighted by Crippen LogP contribution is -2.33. The number of H-pyrrole nitrogens is 1. The first-order valence-corrected chi connectivity index (χ1v) is 5.75. The van der Waals surface area contributed by atoms with Crippen molar-refractivity contribution in [1.29, 1.82) is 5.26 Å². The largest absolute Gasteiger partial charge is 0.228 e. The number of rotatable bonds is 5. The first-order chi connectivity index (χ1) is 7.10. The molecule has 0 radical (unpaired) electrons. The van der Waals surface area contributed by atoms with Gasteiger partial charge in [-0.25, -0.2) is 13.1 Å². The summed E-state index contributed by atoms with van der Waals surface area (Å²) in [5, 5.41) is 20.2. The van der Waals surface area contributed by atoms with Crippen LogP contribution in [-0.2, 0) is 16.6 Å². The van der Waals surface area contributed by atoms with Gasteiger partial charge in [-0.1, -0.05) is 12.1 Å². The molecule has 1 heterocycles. The van der Waals surface area contributed by atoms with Crippen LogP contribution in [0.3, 0.4) is 0 Å². The Morgan fingerprint density at radius 2 is 2.40 bits per heavy atom. The lowest BCUT2D eigenvalue weighted by Gasteiger charge is -2.07. The minimum absolute atomic E-state index is 0.0724. The molecule has 0 saturated carbocycles. The van der Waals surface area contributed by atoms with E-state index in [2.05, 4.69) is 25.3 Å². The lowest BCUT2D eigenvalue weighted by atomic mass is 10.4. The zero-order valence-electron chi connectivity index (χ0n) is 8.01. The molecule has 82 valence electrons. The first kappa shape index (κ1) is 11.5. The van der Waals surface area contributed by atoms with Crippen LogP contribution in [0.5, 0.6) is 0 Å². The molecular formula is C6H10N6O2S. The molecule has 15 heavy (non-hydrogen) atoms. The minimum Gasteiger partial charge on any atom is -0.211 e. The van der Waals surface area contributed by atoms with Crippen molar-refractivity contribution in [2.45, 2.75) is 25.1 Å². The number of nitrogens with zero attached hydrogens (tertiary/aromatic N) is 4.